The topological polar surface area (TPSA) is 66.5 Å². The van der Waals surface area contributed by atoms with E-state index in [0.29, 0.717) is 35.3 Å². The highest BCUT2D eigenvalue weighted by atomic mass is 32.2. The van der Waals surface area contributed by atoms with Crippen LogP contribution in [0.3, 0.4) is 0 Å². The fourth-order valence-corrected chi connectivity index (χ4v) is 5.81. The Balaban J connectivity index is 1.50. The summed E-state index contributed by atoms with van der Waals surface area (Å²) in [5.41, 5.74) is 1.67. The first-order valence-electron chi connectivity index (χ1n) is 9.34. The van der Waals surface area contributed by atoms with Crippen LogP contribution in [0.15, 0.2) is 69.8 Å². The number of sulfonamides is 1. The van der Waals surface area contributed by atoms with Gasteiger partial charge in [-0.2, -0.15) is 8.78 Å². The van der Waals surface area contributed by atoms with Crippen LogP contribution in [0, 0.1) is 0 Å². The smallest absolute Gasteiger partial charge is 0.288 e. The van der Waals surface area contributed by atoms with Crippen LogP contribution in [-0.4, -0.2) is 31.5 Å². The molecule has 3 aromatic rings. The van der Waals surface area contributed by atoms with Crippen molar-refractivity contribution in [2.75, 3.05) is 11.3 Å². The van der Waals surface area contributed by atoms with Gasteiger partial charge in [-0.1, -0.05) is 17.8 Å². The molecule has 162 valence electrons. The van der Waals surface area contributed by atoms with Gasteiger partial charge in [0.2, 0.25) is 0 Å². The predicted molar refractivity (Wildman–Crippen MR) is 118 cm³/mol. The lowest BCUT2D eigenvalue weighted by Gasteiger charge is -2.27. The van der Waals surface area contributed by atoms with Crippen molar-refractivity contribution in [1.82, 2.24) is 4.90 Å². The summed E-state index contributed by atoms with van der Waals surface area (Å²) < 4.78 is 52.8. The summed E-state index contributed by atoms with van der Waals surface area (Å²) in [4.78, 5) is 16.2. The number of thiophene rings is 1. The van der Waals surface area contributed by atoms with Gasteiger partial charge in [0.25, 0.3) is 21.7 Å². The maximum Gasteiger partial charge on any atom is 0.288 e. The molecule has 0 radical (unpaired) electrons. The number of benzene rings is 2. The number of nitrogens with one attached hydrogen (secondary N) is 1. The summed E-state index contributed by atoms with van der Waals surface area (Å²) in [6.45, 7) is 1.10. The van der Waals surface area contributed by atoms with Gasteiger partial charge < -0.3 is 4.90 Å². The molecule has 1 N–H and O–H groups in total. The highest BCUT2D eigenvalue weighted by Gasteiger charge is 2.24. The first kappa shape index (κ1) is 21.8. The van der Waals surface area contributed by atoms with Gasteiger partial charge in [0.1, 0.15) is 0 Å². The molecule has 1 amide bonds. The fraction of sp³-hybridized carbons (Fsp3) is 0.190. The number of rotatable bonds is 6. The largest absolute Gasteiger partial charge is 0.334 e. The van der Waals surface area contributed by atoms with Gasteiger partial charge in [0.05, 0.1) is 4.90 Å². The van der Waals surface area contributed by atoms with Crippen molar-refractivity contribution in [3.63, 3.8) is 0 Å². The Bertz CT molecular complexity index is 1190. The molecule has 0 unspecified atom stereocenters. The SMILES string of the molecule is O=C(c1cccc(S(=O)(=O)Nc2ccc(SC(F)F)cc2)c1)N1CCc2sccc2C1. The van der Waals surface area contributed by atoms with Crippen LogP contribution in [0.5, 0.6) is 0 Å². The number of carbonyl (C=O) groups is 1. The summed E-state index contributed by atoms with van der Waals surface area (Å²) in [5, 5.41) is 2.01. The van der Waals surface area contributed by atoms with E-state index in [1.165, 1.54) is 47.3 Å². The average molecular weight is 481 g/mol. The Morgan fingerprint density at radius 2 is 1.90 bits per heavy atom. The van der Waals surface area contributed by atoms with Gasteiger partial charge >= 0.3 is 0 Å². The minimum Gasteiger partial charge on any atom is -0.334 e. The third kappa shape index (κ3) is 5.08. The highest BCUT2D eigenvalue weighted by Crippen LogP contribution is 2.28. The van der Waals surface area contributed by atoms with Gasteiger partial charge in [0.15, 0.2) is 0 Å². The van der Waals surface area contributed by atoms with E-state index < -0.39 is 15.8 Å². The van der Waals surface area contributed by atoms with E-state index in [9.17, 15) is 22.0 Å². The Labute approximate surface area is 187 Å². The van der Waals surface area contributed by atoms with E-state index >= 15 is 0 Å². The molecule has 0 fully saturated rings. The number of alkyl halides is 2. The molecule has 0 bridgehead atoms. The number of thioether (sulfide) groups is 1. The molecule has 0 saturated heterocycles. The lowest BCUT2D eigenvalue weighted by atomic mass is 10.1. The standard InChI is InChI=1S/C21H18F2N2O3S3/c22-21(23)30-17-6-4-16(5-7-17)24-31(27,28)18-3-1-2-14(12-18)20(26)25-10-8-19-15(13-25)9-11-29-19/h1-7,9,11-12,21,24H,8,10,13H2. The molecule has 2 heterocycles. The highest BCUT2D eigenvalue weighted by molar-refractivity contribution is 7.99. The second kappa shape index (κ2) is 8.97. The van der Waals surface area contributed by atoms with Crippen LogP contribution >= 0.6 is 23.1 Å². The van der Waals surface area contributed by atoms with E-state index in [-0.39, 0.29) is 16.5 Å². The van der Waals surface area contributed by atoms with Crippen LogP contribution < -0.4 is 4.72 Å². The number of amides is 1. The maximum absolute atomic E-state index is 12.9. The van der Waals surface area contributed by atoms with Gasteiger partial charge in [-0.25, -0.2) is 8.42 Å². The van der Waals surface area contributed by atoms with Crippen LogP contribution in [0.25, 0.3) is 0 Å². The van der Waals surface area contributed by atoms with Crippen LogP contribution in [0.1, 0.15) is 20.8 Å². The number of anilines is 1. The molecule has 1 aliphatic heterocycles. The molecule has 1 aromatic heterocycles. The number of fused-ring (bicyclic) bond motifs is 1. The van der Waals surface area contributed by atoms with Crippen LogP contribution in [-0.2, 0) is 23.0 Å². The summed E-state index contributed by atoms with van der Waals surface area (Å²) >= 11 is 2.07. The number of halogens is 2. The monoisotopic (exact) mass is 480 g/mol. The van der Waals surface area contributed by atoms with Gasteiger partial charge in [-0.3, -0.25) is 9.52 Å². The number of carbonyl (C=O) groups excluding carboxylic acids is 1. The average Bonchev–Trinajstić information content (AvgIpc) is 3.22. The quantitative estimate of drug-likeness (QED) is 0.501. The molecule has 2 aromatic carbocycles. The lowest BCUT2D eigenvalue weighted by molar-refractivity contribution is 0.0735. The molecule has 0 saturated carbocycles. The van der Waals surface area contributed by atoms with Gasteiger partial charge in [-0.05, 0) is 65.9 Å². The van der Waals surface area contributed by atoms with Crippen molar-refractivity contribution in [1.29, 1.82) is 0 Å². The molecule has 10 heteroatoms. The maximum atomic E-state index is 12.9. The summed E-state index contributed by atoms with van der Waals surface area (Å²) in [6, 6.07) is 13.6. The van der Waals surface area contributed by atoms with Crippen molar-refractivity contribution in [2.45, 2.75) is 28.5 Å². The molecular weight excluding hydrogens is 462 g/mol. The molecule has 5 nitrogen and oxygen atoms in total. The van der Waals surface area contributed by atoms with E-state index in [0.717, 1.165) is 12.0 Å². The Kier molecular flexibility index (Phi) is 6.31. The zero-order chi connectivity index (χ0) is 22.0. The van der Waals surface area contributed by atoms with E-state index in [1.807, 2.05) is 11.4 Å². The number of nitrogens with zero attached hydrogens (tertiary/aromatic N) is 1. The van der Waals surface area contributed by atoms with Crippen molar-refractivity contribution >= 4 is 44.7 Å². The van der Waals surface area contributed by atoms with E-state index in [2.05, 4.69) is 4.72 Å². The molecule has 0 spiro atoms. The minimum absolute atomic E-state index is 0.0439. The zero-order valence-corrected chi connectivity index (χ0v) is 18.6. The van der Waals surface area contributed by atoms with Crippen molar-refractivity contribution < 1.29 is 22.0 Å². The third-order valence-electron chi connectivity index (χ3n) is 4.82. The van der Waals surface area contributed by atoms with E-state index in [4.69, 9.17) is 0 Å². The summed E-state index contributed by atoms with van der Waals surface area (Å²) in [6.07, 6.45) is 0.790. The van der Waals surface area contributed by atoms with Crippen molar-refractivity contribution in [3.05, 3.63) is 76.0 Å². The first-order chi connectivity index (χ1) is 14.8. The molecule has 4 rings (SSSR count). The normalized spacial score (nSPS) is 13.8. The molecule has 0 aliphatic carbocycles. The second-order valence-electron chi connectivity index (χ2n) is 6.88. The second-order valence-corrected chi connectivity index (χ2v) is 10.6. The Morgan fingerprint density at radius 1 is 1.13 bits per heavy atom. The number of hydrogen-bond donors (Lipinski definition) is 1. The zero-order valence-electron chi connectivity index (χ0n) is 16.1. The molecular formula is C21H18F2N2O3S3. The molecule has 0 atom stereocenters. The predicted octanol–water partition coefficient (Wildman–Crippen LogP) is 5.06. The Hall–Kier alpha value is -2.43. The van der Waals surface area contributed by atoms with Crippen molar-refractivity contribution in [2.24, 2.45) is 0 Å². The van der Waals surface area contributed by atoms with Gasteiger partial charge in [0, 0.05) is 34.1 Å². The molecule has 31 heavy (non-hydrogen) atoms. The minimum atomic E-state index is -3.95. The van der Waals surface area contributed by atoms with Gasteiger partial charge in [-0.15, -0.1) is 11.3 Å². The third-order valence-corrected chi connectivity index (χ3v) is 7.94. The Morgan fingerprint density at radius 3 is 2.65 bits per heavy atom. The summed E-state index contributed by atoms with van der Waals surface area (Å²) in [7, 11) is -3.95. The van der Waals surface area contributed by atoms with E-state index in [1.54, 1.807) is 22.3 Å². The number of hydrogen-bond acceptors (Lipinski definition) is 5. The first-order valence-corrected chi connectivity index (χ1v) is 12.6. The lowest BCUT2D eigenvalue weighted by Crippen LogP contribution is -2.35. The van der Waals surface area contributed by atoms with Crippen molar-refractivity contribution in [3.8, 4) is 0 Å². The van der Waals surface area contributed by atoms with Crippen LogP contribution in [0.4, 0.5) is 14.5 Å². The van der Waals surface area contributed by atoms with Crippen LogP contribution in [0.2, 0.25) is 0 Å². The summed E-state index contributed by atoms with van der Waals surface area (Å²) in [5.74, 6) is -2.77. The molecule has 1 aliphatic rings. The fourth-order valence-electron chi connectivity index (χ4n) is 3.32.